The lowest BCUT2D eigenvalue weighted by atomic mass is 10.2. The van der Waals surface area contributed by atoms with Gasteiger partial charge in [0.25, 0.3) is 0 Å². The van der Waals surface area contributed by atoms with Crippen molar-refractivity contribution >= 4 is 33.0 Å². The summed E-state index contributed by atoms with van der Waals surface area (Å²) in [7, 11) is 1.65. The summed E-state index contributed by atoms with van der Waals surface area (Å²) in [5.41, 5.74) is 2.28. The summed E-state index contributed by atoms with van der Waals surface area (Å²) in [6.45, 7) is 3.37. The average molecular weight is 342 g/mol. The number of rotatable bonds is 6. The summed E-state index contributed by atoms with van der Waals surface area (Å²) < 4.78 is 12.0. The van der Waals surface area contributed by atoms with Crippen molar-refractivity contribution in [3.05, 3.63) is 39.0 Å². The van der Waals surface area contributed by atoms with Crippen LogP contribution in [0, 0.1) is 0 Å². The number of anilines is 1. The highest BCUT2D eigenvalue weighted by Crippen LogP contribution is 2.30. The van der Waals surface area contributed by atoms with Gasteiger partial charge in [0.05, 0.1) is 17.5 Å². The number of thiophene rings is 1. The SMILES string of the molecule is CCOc1cc(NCc2csc(Br)c2)ccc1OC. The van der Waals surface area contributed by atoms with Gasteiger partial charge in [0, 0.05) is 18.3 Å². The molecule has 0 aliphatic rings. The number of nitrogens with one attached hydrogen (secondary N) is 1. The topological polar surface area (TPSA) is 30.5 Å². The van der Waals surface area contributed by atoms with Gasteiger partial charge >= 0.3 is 0 Å². The summed E-state index contributed by atoms with van der Waals surface area (Å²) >= 11 is 5.15. The number of hydrogen-bond acceptors (Lipinski definition) is 4. The van der Waals surface area contributed by atoms with E-state index in [1.807, 2.05) is 25.1 Å². The van der Waals surface area contributed by atoms with Gasteiger partial charge in [-0.05, 0) is 52.0 Å². The number of ether oxygens (including phenoxy) is 2. The van der Waals surface area contributed by atoms with E-state index in [1.165, 1.54) is 5.56 Å². The van der Waals surface area contributed by atoms with Gasteiger partial charge in [-0.3, -0.25) is 0 Å². The molecule has 0 spiro atoms. The Labute approximate surface area is 125 Å². The van der Waals surface area contributed by atoms with Gasteiger partial charge in [0.2, 0.25) is 0 Å². The van der Waals surface area contributed by atoms with Crippen molar-refractivity contribution in [3.63, 3.8) is 0 Å². The lowest BCUT2D eigenvalue weighted by molar-refractivity contribution is 0.311. The zero-order chi connectivity index (χ0) is 13.7. The van der Waals surface area contributed by atoms with E-state index >= 15 is 0 Å². The maximum atomic E-state index is 5.55. The Balaban J connectivity index is 2.05. The van der Waals surface area contributed by atoms with Gasteiger partial charge in [-0.1, -0.05) is 0 Å². The molecular formula is C14H16BrNO2S. The van der Waals surface area contributed by atoms with Gasteiger partial charge in [-0.2, -0.15) is 0 Å². The van der Waals surface area contributed by atoms with Gasteiger partial charge < -0.3 is 14.8 Å². The molecule has 2 aromatic rings. The minimum absolute atomic E-state index is 0.622. The third-order valence-electron chi connectivity index (χ3n) is 2.58. The predicted molar refractivity (Wildman–Crippen MR) is 83.5 cm³/mol. The molecule has 0 fully saturated rings. The fourth-order valence-electron chi connectivity index (χ4n) is 1.70. The molecule has 0 aliphatic heterocycles. The molecular weight excluding hydrogens is 326 g/mol. The summed E-state index contributed by atoms with van der Waals surface area (Å²) in [6, 6.07) is 7.98. The van der Waals surface area contributed by atoms with Gasteiger partial charge in [-0.25, -0.2) is 0 Å². The smallest absolute Gasteiger partial charge is 0.163 e. The van der Waals surface area contributed by atoms with Crippen LogP contribution < -0.4 is 14.8 Å². The van der Waals surface area contributed by atoms with E-state index in [4.69, 9.17) is 9.47 Å². The van der Waals surface area contributed by atoms with Crippen LogP contribution in [0.4, 0.5) is 5.69 Å². The van der Waals surface area contributed by atoms with E-state index in [0.29, 0.717) is 6.61 Å². The van der Waals surface area contributed by atoms with Crippen molar-refractivity contribution in [1.29, 1.82) is 0 Å². The molecule has 2 rings (SSSR count). The molecule has 1 heterocycles. The zero-order valence-corrected chi connectivity index (χ0v) is 13.3. The van der Waals surface area contributed by atoms with E-state index in [0.717, 1.165) is 27.5 Å². The Morgan fingerprint density at radius 2 is 2.11 bits per heavy atom. The monoisotopic (exact) mass is 341 g/mol. The van der Waals surface area contributed by atoms with Crippen LogP contribution in [-0.2, 0) is 6.54 Å². The maximum Gasteiger partial charge on any atom is 0.163 e. The summed E-state index contributed by atoms with van der Waals surface area (Å²) in [5, 5.41) is 5.50. The summed E-state index contributed by atoms with van der Waals surface area (Å²) in [5.74, 6) is 1.52. The maximum absolute atomic E-state index is 5.55. The number of halogens is 1. The fraction of sp³-hybridized carbons (Fsp3) is 0.286. The molecule has 102 valence electrons. The van der Waals surface area contributed by atoms with Crippen LogP contribution in [0.3, 0.4) is 0 Å². The molecule has 1 N–H and O–H groups in total. The lowest BCUT2D eigenvalue weighted by Crippen LogP contribution is -2.00. The van der Waals surface area contributed by atoms with Gasteiger partial charge in [0.15, 0.2) is 11.5 Å². The Hall–Kier alpha value is -1.20. The molecule has 5 heteroatoms. The second-order valence-corrected chi connectivity index (χ2v) is 6.20. The Morgan fingerprint density at radius 3 is 2.74 bits per heavy atom. The van der Waals surface area contributed by atoms with Crippen molar-refractivity contribution < 1.29 is 9.47 Å². The van der Waals surface area contributed by atoms with Crippen LogP contribution in [0.1, 0.15) is 12.5 Å². The Bertz CT molecular complexity index is 542. The highest BCUT2D eigenvalue weighted by atomic mass is 79.9. The van der Waals surface area contributed by atoms with Gasteiger partial charge in [0.1, 0.15) is 0 Å². The molecule has 0 aliphatic carbocycles. The van der Waals surface area contributed by atoms with Crippen LogP contribution in [0.25, 0.3) is 0 Å². The number of benzene rings is 1. The summed E-state index contributed by atoms with van der Waals surface area (Å²) in [4.78, 5) is 0. The fourth-order valence-corrected chi connectivity index (χ4v) is 2.91. The van der Waals surface area contributed by atoms with E-state index in [1.54, 1.807) is 18.4 Å². The number of hydrogen-bond donors (Lipinski definition) is 1. The predicted octanol–water partition coefficient (Wildman–Crippen LogP) is 4.53. The van der Waals surface area contributed by atoms with Crippen molar-refractivity contribution in [2.24, 2.45) is 0 Å². The third kappa shape index (κ3) is 3.88. The first-order valence-electron chi connectivity index (χ1n) is 6.00. The Kier molecular flexibility index (Phi) is 5.10. The van der Waals surface area contributed by atoms with Crippen molar-refractivity contribution in [2.45, 2.75) is 13.5 Å². The quantitative estimate of drug-likeness (QED) is 0.837. The van der Waals surface area contributed by atoms with Crippen molar-refractivity contribution in [2.75, 3.05) is 19.0 Å². The Morgan fingerprint density at radius 1 is 1.26 bits per heavy atom. The normalized spacial score (nSPS) is 10.3. The molecule has 0 bridgehead atoms. The van der Waals surface area contributed by atoms with E-state index in [-0.39, 0.29) is 0 Å². The second-order valence-electron chi connectivity index (χ2n) is 3.91. The van der Waals surface area contributed by atoms with Crippen LogP contribution >= 0.6 is 27.3 Å². The van der Waals surface area contributed by atoms with E-state index in [2.05, 4.69) is 32.7 Å². The summed E-state index contributed by atoms with van der Waals surface area (Å²) in [6.07, 6.45) is 0. The first-order chi connectivity index (χ1) is 9.22. The van der Waals surface area contributed by atoms with E-state index < -0.39 is 0 Å². The first-order valence-corrected chi connectivity index (χ1v) is 7.67. The molecule has 0 saturated carbocycles. The second kappa shape index (κ2) is 6.82. The minimum Gasteiger partial charge on any atom is -0.493 e. The van der Waals surface area contributed by atoms with Crippen LogP contribution in [0.5, 0.6) is 11.5 Å². The molecule has 1 aromatic heterocycles. The van der Waals surface area contributed by atoms with Crippen LogP contribution in [0.15, 0.2) is 33.4 Å². The first kappa shape index (κ1) is 14.2. The minimum atomic E-state index is 0.622. The van der Waals surface area contributed by atoms with Crippen molar-refractivity contribution in [3.8, 4) is 11.5 Å². The molecule has 0 amide bonds. The molecule has 1 aromatic carbocycles. The molecule has 0 saturated heterocycles. The third-order valence-corrected chi connectivity index (χ3v) is 4.14. The molecule has 3 nitrogen and oxygen atoms in total. The average Bonchev–Trinajstić information content (AvgIpc) is 2.83. The van der Waals surface area contributed by atoms with Gasteiger partial charge in [-0.15, -0.1) is 11.3 Å². The molecule has 0 atom stereocenters. The molecule has 0 radical (unpaired) electrons. The standard InChI is InChI=1S/C14H16BrNO2S/c1-3-18-13-7-11(4-5-12(13)17-2)16-8-10-6-14(15)19-9-10/h4-7,9,16H,3,8H2,1-2H3. The largest absolute Gasteiger partial charge is 0.493 e. The van der Waals surface area contributed by atoms with Crippen LogP contribution in [0.2, 0.25) is 0 Å². The molecule has 0 unspecified atom stereocenters. The van der Waals surface area contributed by atoms with Crippen molar-refractivity contribution in [1.82, 2.24) is 0 Å². The van der Waals surface area contributed by atoms with Crippen LogP contribution in [-0.4, -0.2) is 13.7 Å². The number of methoxy groups -OCH3 is 1. The lowest BCUT2D eigenvalue weighted by Gasteiger charge is -2.12. The zero-order valence-electron chi connectivity index (χ0n) is 10.9. The molecule has 19 heavy (non-hydrogen) atoms. The highest BCUT2D eigenvalue weighted by molar-refractivity contribution is 9.11. The highest BCUT2D eigenvalue weighted by Gasteiger charge is 2.05. The van der Waals surface area contributed by atoms with E-state index in [9.17, 15) is 0 Å².